The number of hydrogen-bond donors (Lipinski definition) is 0. The van der Waals surface area contributed by atoms with Gasteiger partial charge in [0, 0.05) is 0 Å². The van der Waals surface area contributed by atoms with Crippen molar-refractivity contribution in [2.75, 3.05) is 13.2 Å². The highest BCUT2D eigenvalue weighted by atomic mass is 16.5. The van der Waals surface area contributed by atoms with Gasteiger partial charge < -0.3 is 9.47 Å². The molecule has 28 heavy (non-hydrogen) atoms. The maximum absolute atomic E-state index is 12.7. The minimum absolute atomic E-state index is 0.186. The molecule has 1 saturated carbocycles. The minimum Gasteiger partial charge on any atom is -0.465 e. The van der Waals surface area contributed by atoms with E-state index in [-0.39, 0.29) is 23.8 Å². The highest BCUT2D eigenvalue weighted by molar-refractivity contribution is 5.82. The smallest absolute Gasteiger partial charge is 0.309 e. The Bertz CT molecular complexity index is 394. The Hall–Kier alpha value is -1.06. The van der Waals surface area contributed by atoms with Crippen LogP contribution < -0.4 is 0 Å². The highest BCUT2D eigenvalue weighted by Crippen LogP contribution is 2.32. The van der Waals surface area contributed by atoms with Crippen molar-refractivity contribution in [3.8, 4) is 0 Å². The van der Waals surface area contributed by atoms with E-state index in [4.69, 9.17) is 9.47 Å². The van der Waals surface area contributed by atoms with E-state index in [2.05, 4.69) is 27.7 Å². The van der Waals surface area contributed by atoms with Gasteiger partial charge in [0.2, 0.25) is 0 Å². The number of carbonyl (C=O) groups is 2. The molecule has 0 heterocycles. The van der Waals surface area contributed by atoms with Crippen LogP contribution in [0, 0.1) is 23.7 Å². The summed E-state index contributed by atoms with van der Waals surface area (Å²) < 4.78 is 11.3. The lowest BCUT2D eigenvalue weighted by molar-refractivity contribution is -0.164. The fourth-order valence-corrected chi connectivity index (χ4v) is 4.11. The molecule has 4 unspecified atom stereocenters. The Labute approximate surface area is 173 Å². The standard InChI is InChI=1S/C24H44O4/c1-5-9-13-19(7-3)17-27-23(25)21-15-11-12-16-22(21)24(26)28-18-20(8-4)14-10-6-2/h19-22H,5-18H2,1-4H3. The first-order valence-corrected chi connectivity index (χ1v) is 11.9. The molecule has 1 rings (SSSR count). The molecule has 164 valence electrons. The van der Waals surface area contributed by atoms with Crippen LogP contribution in [0.15, 0.2) is 0 Å². The van der Waals surface area contributed by atoms with Crippen LogP contribution >= 0.6 is 0 Å². The average molecular weight is 397 g/mol. The summed E-state index contributed by atoms with van der Waals surface area (Å²) in [6.45, 7) is 9.64. The maximum atomic E-state index is 12.7. The van der Waals surface area contributed by atoms with Crippen molar-refractivity contribution in [1.82, 2.24) is 0 Å². The number of esters is 2. The SMILES string of the molecule is CCCCC(CC)COC(=O)C1CCCCC1C(=O)OCC(CC)CCCC. The summed E-state index contributed by atoms with van der Waals surface area (Å²) in [4.78, 5) is 25.4. The van der Waals surface area contributed by atoms with Gasteiger partial charge in [-0.15, -0.1) is 0 Å². The van der Waals surface area contributed by atoms with E-state index < -0.39 is 0 Å². The molecule has 1 aliphatic rings. The Morgan fingerprint density at radius 3 is 1.46 bits per heavy atom. The summed E-state index contributed by atoms with van der Waals surface area (Å²) in [5, 5.41) is 0. The van der Waals surface area contributed by atoms with Crippen LogP contribution in [-0.2, 0) is 19.1 Å². The van der Waals surface area contributed by atoms with Gasteiger partial charge in [0.25, 0.3) is 0 Å². The molecule has 0 aromatic rings. The molecule has 0 saturated heterocycles. The Kier molecular flexibility index (Phi) is 13.3. The molecule has 4 nitrogen and oxygen atoms in total. The van der Waals surface area contributed by atoms with Crippen molar-refractivity contribution < 1.29 is 19.1 Å². The number of unbranched alkanes of at least 4 members (excludes halogenated alkanes) is 2. The quantitative estimate of drug-likeness (QED) is 0.323. The van der Waals surface area contributed by atoms with E-state index in [9.17, 15) is 9.59 Å². The fraction of sp³-hybridized carbons (Fsp3) is 0.917. The lowest BCUT2D eigenvalue weighted by Gasteiger charge is -2.29. The zero-order chi connectivity index (χ0) is 20.8. The van der Waals surface area contributed by atoms with Gasteiger partial charge in [0.05, 0.1) is 25.0 Å². The second-order valence-corrected chi connectivity index (χ2v) is 8.59. The summed E-state index contributed by atoms with van der Waals surface area (Å²) in [6, 6.07) is 0. The summed E-state index contributed by atoms with van der Waals surface area (Å²) in [7, 11) is 0. The van der Waals surface area contributed by atoms with Gasteiger partial charge >= 0.3 is 11.9 Å². The fourth-order valence-electron chi connectivity index (χ4n) is 4.11. The van der Waals surface area contributed by atoms with Gasteiger partial charge in [0.1, 0.15) is 0 Å². The second kappa shape index (κ2) is 14.9. The predicted molar refractivity (Wildman–Crippen MR) is 114 cm³/mol. The number of carbonyl (C=O) groups excluding carboxylic acids is 2. The van der Waals surface area contributed by atoms with Crippen LogP contribution in [0.3, 0.4) is 0 Å². The largest absolute Gasteiger partial charge is 0.465 e. The third-order valence-corrected chi connectivity index (χ3v) is 6.38. The normalized spacial score (nSPS) is 21.7. The van der Waals surface area contributed by atoms with Crippen molar-refractivity contribution in [2.45, 2.75) is 105 Å². The van der Waals surface area contributed by atoms with Crippen LogP contribution in [-0.4, -0.2) is 25.2 Å². The van der Waals surface area contributed by atoms with E-state index in [0.29, 0.717) is 25.0 Å². The highest BCUT2D eigenvalue weighted by Gasteiger charge is 2.38. The molecule has 1 fully saturated rings. The number of rotatable bonds is 14. The summed E-state index contributed by atoms with van der Waals surface area (Å²) >= 11 is 0. The monoisotopic (exact) mass is 396 g/mol. The minimum atomic E-state index is -0.319. The van der Waals surface area contributed by atoms with E-state index >= 15 is 0 Å². The zero-order valence-electron chi connectivity index (χ0n) is 18.8. The lowest BCUT2D eigenvalue weighted by atomic mass is 9.79. The van der Waals surface area contributed by atoms with Gasteiger partial charge in [-0.2, -0.15) is 0 Å². The third kappa shape index (κ3) is 8.96. The van der Waals surface area contributed by atoms with Gasteiger partial charge in [-0.3, -0.25) is 9.59 Å². The van der Waals surface area contributed by atoms with Crippen LogP contribution in [0.1, 0.15) is 105 Å². The molecule has 4 heteroatoms. The van der Waals surface area contributed by atoms with Gasteiger partial charge in [-0.1, -0.05) is 79.1 Å². The number of ether oxygens (including phenoxy) is 2. The maximum Gasteiger partial charge on any atom is 0.309 e. The first-order chi connectivity index (χ1) is 13.6. The van der Waals surface area contributed by atoms with Crippen LogP contribution in [0.4, 0.5) is 0 Å². The molecule has 0 spiro atoms. The summed E-state index contributed by atoms with van der Waals surface area (Å²) in [5.41, 5.74) is 0. The van der Waals surface area contributed by atoms with Gasteiger partial charge in [0.15, 0.2) is 0 Å². The van der Waals surface area contributed by atoms with Crippen LogP contribution in [0.2, 0.25) is 0 Å². The molecule has 0 aromatic carbocycles. The van der Waals surface area contributed by atoms with Gasteiger partial charge in [-0.05, 0) is 37.5 Å². The van der Waals surface area contributed by atoms with Crippen molar-refractivity contribution in [2.24, 2.45) is 23.7 Å². The number of hydrogen-bond acceptors (Lipinski definition) is 4. The molecular weight excluding hydrogens is 352 g/mol. The Balaban J connectivity index is 2.54. The average Bonchev–Trinajstić information content (AvgIpc) is 2.73. The summed E-state index contributed by atoms with van der Waals surface area (Å²) in [6.07, 6.45) is 12.4. The van der Waals surface area contributed by atoms with Crippen molar-refractivity contribution >= 4 is 11.9 Å². The predicted octanol–water partition coefficient (Wildman–Crippen LogP) is 6.31. The molecule has 0 radical (unpaired) electrons. The Morgan fingerprint density at radius 2 is 1.14 bits per heavy atom. The topological polar surface area (TPSA) is 52.6 Å². The molecule has 0 amide bonds. The van der Waals surface area contributed by atoms with Crippen LogP contribution in [0.25, 0.3) is 0 Å². The van der Waals surface area contributed by atoms with Crippen molar-refractivity contribution in [1.29, 1.82) is 0 Å². The molecule has 4 atom stereocenters. The van der Waals surface area contributed by atoms with Crippen LogP contribution in [0.5, 0.6) is 0 Å². The molecule has 0 aliphatic heterocycles. The zero-order valence-corrected chi connectivity index (χ0v) is 18.8. The Morgan fingerprint density at radius 1 is 0.750 bits per heavy atom. The first-order valence-electron chi connectivity index (χ1n) is 11.9. The van der Waals surface area contributed by atoms with Gasteiger partial charge in [-0.25, -0.2) is 0 Å². The van der Waals surface area contributed by atoms with E-state index in [1.54, 1.807) is 0 Å². The second-order valence-electron chi connectivity index (χ2n) is 8.59. The molecule has 0 aromatic heterocycles. The van der Waals surface area contributed by atoms with E-state index in [1.165, 1.54) is 12.8 Å². The molecule has 1 aliphatic carbocycles. The summed E-state index contributed by atoms with van der Waals surface area (Å²) in [5.74, 6) is -0.144. The molecule has 0 bridgehead atoms. The first kappa shape index (κ1) is 25.0. The van der Waals surface area contributed by atoms with E-state index in [1.807, 2.05) is 0 Å². The lowest BCUT2D eigenvalue weighted by Crippen LogP contribution is -2.36. The third-order valence-electron chi connectivity index (χ3n) is 6.38. The van der Waals surface area contributed by atoms with Crippen molar-refractivity contribution in [3.63, 3.8) is 0 Å². The van der Waals surface area contributed by atoms with E-state index in [0.717, 1.165) is 64.2 Å². The molecular formula is C24H44O4. The van der Waals surface area contributed by atoms with Crippen molar-refractivity contribution in [3.05, 3.63) is 0 Å². The molecule has 0 N–H and O–H groups in total.